The van der Waals surface area contributed by atoms with E-state index in [1.54, 1.807) is 22.9 Å². The van der Waals surface area contributed by atoms with Crippen molar-refractivity contribution in [3.63, 3.8) is 0 Å². The van der Waals surface area contributed by atoms with Crippen molar-refractivity contribution in [3.8, 4) is 5.69 Å². The van der Waals surface area contributed by atoms with E-state index in [2.05, 4.69) is 10.4 Å². The molecule has 2 heterocycles. The first-order valence-corrected chi connectivity index (χ1v) is 10.9. The van der Waals surface area contributed by atoms with Crippen LogP contribution in [0.4, 0.5) is 5.69 Å². The highest BCUT2D eigenvalue weighted by Gasteiger charge is 2.23. The molecule has 0 radical (unpaired) electrons. The molecule has 0 aliphatic rings. The van der Waals surface area contributed by atoms with Crippen molar-refractivity contribution in [2.24, 2.45) is 0 Å². The SMILES string of the molecule is Cc1nn(-c2ccccc2)c2sc(C(=O)OC(C)C(=O)Nc3ccc(Cl)cc3Cl)cc12. The molecule has 1 atom stereocenters. The van der Waals surface area contributed by atoms with Crippen LogP contribution in [0.25, 0.3) is 15.9 Å². The molecule has 2 aromatic carbocycles. The Bertz CT molecular complexity index is 1280. The largest absolute Gasteiger partial charge is 0.448 e. The summed E-state index contributed by atoms with van der Waals surface area (Å²) in [6.07, 6.45) is -1.02. The van der Waals surface area contributed by atoms with Crippen LogP contribution in [0.3, 0.4) is 0 Å². The molecule has 2 aromatic heterocycles. The number of benzene rings is 2. The van der Waals surface area contributed by atoms with Gasteiger partial charge in [-0.25, -0.2) is 9.48 Å². The summed E-state index contributed by atoms with van der Waals surface area (Å²) >= 11 is 13.2. The van der Waals surface area contributed by atoms with Gasteiger partial charge in [-0.05, 0) is 50.2 Å². The second-order valence-corrected chi connectivity index (χ2v) is 8.70. The molecule has 158 valence electrons. The number of nitrogens with one attached hydrogen (secondary N) is 1. The zero-order valence-electron chi connectivity index (χ0n) is 16.6. The minimum absolute atomic E-state index is 0.296. The average Bonchev–Trinajstić information content (AvgIpc) is 3.31. The van der Waals surface area contributed by atoms with Gasteiger partial charge in [-0.15, -0.1) is 11.3 Å². The topological polar surface area (TPSA) is 73.2 Å². The molecule has 6 nitrogen and oxygen atoms in total. The van der Waals surface area contributed by atoms with Crippen LogP contribution in [-0.2, 0) is 9.53 Å². The summed E-state index contributed by atoms with van der Waals surface area (Å²) in [5, 5.41) is 8.82. The number of aryl methyl sites for hydroxylation is 1. The van der Waals surface area contributed by atoms with Crippen LogP contribution in [-0.4, -0.2) is 27.8 Å². The maximum atomic E-state index is 12.7. The molecule has 0 fully saturated rings. The summed E-state index contributed by atoms with van der Waals surface area (Å²) in [5.74, 6) is -1.07. The van der Waals surface area contributed by atoms with Gasteiger partial charge in [-0.3, -0.25) is 4.79 Å². The molecular formula is C22H17Cl2N3O3S. The minimum Gasteiger partial charge on any atom is -0.448 e. The zero-order valence-corrected chi connectivity index (χ0v) is 18.9. The van der Waals surface area contributed by atoms with Gasteiger partial charge >= 0.3 is 5.97 Å². The molecule has 1 N–H and O–H groups in total. The van der Waals surface area contributed by atoms with E-state index in [0.29, 0.717) is 20.6 Å². The molecule has 4 rings (SSSR count). The van der Waals surface area contributed by atoms with Gasteiger partial charge in [-0.1, -0.05) is 41.4 Å². The number of halogens is 2. The lowest BCUT2D eigenvalue weighted by Gasteiger charge is -2.13. The van der Waals surface area contributed by atoms with Gasteiger partial charge in [0.05, 0.1) is 22.1 Å². The lowest BCUT2D eigenvalue weighted by atomic mass is 10.3. The summed E-state index contributed by atoms with van der Waals surface area (Å²) in [5.41, 5.74) is 2.09. The fourth-order valence-electron chi connectivity index (χ4n) is 2.99. The molecule has 0 spiro atoms. The first-order chi connectivity index (χ1) is 14.8. The normalized spacial score (nSPS) is 12.0. The Morgan fingerprint density at radius 2 is 1.87 bits per heavy atom. The van der Waals surface area contributed by atoms with E-state index < -0.39 is 18.0 Å². The number of amides is 1. The first kappa shape index (κ1) is 21.4. The number of hydrogen-bond donors (Lipinski definition) is 1. The minimum atomic E-state index is -1.02. The average molecular weight is 474 g/mol. The Hall–Kier alpha value is -2.87. The van der Waals surface area contributed by atoms with E-state index in [0.717, 1.165) is 21.6 Å². The van der Waals surface area contributed by atoms with Gasteiger partial charge in [0, 0.05) is 10.4 Å². The summed E-state index contributed by atoms with van der Waals surface area (Å²) in [4.78, 5) is 26.4. The molecule has 4 aromatic rings. The smallest absolute Gasteiger partial charge is 0.349 e. The number of hydrogen-bond acceptors (Lipinski definition) is 5. The van der Waals surface area contributed by atoms with Crippen LogP contribution < -0.4 is 5.32 Å². The monoisotopic (exact) mass is 473 g/mol. The third-order valence-electron chi connectivity index (χ3n) is 4.59. The highest BCUT2D eigenvalue weighted by atomic mass is 35.5. The summed E-state index contributed by atoms with van der Waals surface area (Å²) in [6.45, 7) is 3.39. The molecule has 0 saturated carbocycles. The number of nitrogens with zero attached hydrogens (tertiary/aromatic N) is 2. The second-order valence-electron chi connectivity index (χ2n) is 6.82. The molecule has 0 aliphatic carbocycles. The van der Waals surface area contributed by atoms with E-state index in [9.17, 15) is 9.59 Å². The van der Waals surface area contributed by atoms with E-state index >= 15 is 0 Å². The number of carbonyl (C=O) groups excluding carboxylic acids is 2. The van der Waals surface area contributed by atoms with Crippen molar-refractivity contribution >= 4 is 62.3 Å². The summed E-state index contributed by atoms with van der Waals surface area (Å²) in [7, 11) is 0. The van der Waals surface area contributed by atoms with Crippen LogP contribution in [0.5, 0.6) is 0 Å². The quantitative estimate of drug-likeness (QED) is 0.367. The van der Waals surface area contributed by atoms with E-state index in [4.69, 9.17) is 27.9 Å². The Morgan fingerprint density at radius 3 is 2.58 bits per heavy atom. The van der Waals surface area contributed by atoms with Gasteiger partial charge in [0.25, 0.3) is 5.91 Å². The Kier molecular flexibility index (Phi) is 6.00. The van der Waals surface area contributed by atoms with Crippen molar-refractivity contribution in [1.29, 1.82) is 0 Å². The number of ether oxygens (including phenoxy) is 1. The Labute approximate surface area is 192 Å². The van der Waals surface area contributed by atoms with Crippen molar-refractivity contribution < 1.29 is 14.3 Å². The van der Waals surface area contributed by atoms with E-state index in [-0.39, 0.29) is 0 Å². The fourth-order valence-corrected chi connectivity index (χ4v) is 4.51. The number of carbonyl (C=O) groups is 2. The maximum absolute atomic E-state index is 12.7. The highest BCUT2D eigenvalue weighted by Crippen LogP contribution is 2.31. The third-order valence-corrected chi connectivity index (χ3v) is 6.23. The molecule has 0 bridgehead atoms. The predicted molar refractivity (Wildman–Crippen MR) is 124 cm³/mol. The van der Waals surface area contributed by atoms with E-state index in [1.165, 1.54) is 24.3 Å². The number of aromatic nitrogens is 2. The van der Waals surface area contributed by atoms with Gasteiger partial charge in [-0.2, -0.15) is 5.10 Å². The number of anilines is 1. The molecule has 1 amide bonds. The lowest BCUT2D eigenvalue weighted by molar-refractivity contribution is -0.123. The number of rotatable bonds is 5. The number of para-hydroxylation sites is 1. The zero-order chi connectivity index (χ0) is 22.1. The lowest BCUT2D eigenvalue weighted by Crippen LogP contribution is -2.29. The van der Waals surface area contributed by atoms with Gasteiger partial charge < -0.3 is 10.1 Å². The molecule has 31 heavy (non-hydrogen) atoms. The van der Waals surface area contributed by atoms with Crippen LogP contribution in [0.1, 0.15) is 22.3 Å². The van der Waals surface area contributed by atoms with Crippen molar-refractivity contribution in [2.45, 2.75) is 20.0 Å². The van der Waals surface area contributed by atoms with Crippen LogP contribution in [0.15, 0.2) is 54.6 Å². The molecule has 0 saturated heterocycles. The van der Waals surface area contributed by atoms with Gasteiger partial charge in [0.2, 0.25) is 0 Å². The Morgan fingerprint density at radius 1 is 1.13 bits per heavy atom. The van der Waals surface area contributed by atoms with Crippen LogP contribution in [0.2, 0.25) is 10.0 Å². The van der Waals surface area contributed by atoms with Crippen molar-refractivity contribution in [3.05, 3.63) is 75.2 Å². The van der Waals surface area contributed by atoms with Crippen molar-refractivity contribution in [2.75, 3.05) is 5.32 Å². The van der Waals surface area contributed by atoms with Gasteiger partial charge in [0.15, 0.2) is 6.10 Å². The van der Waals surface area contributed by atoms with Crippen LogP contribution in [0, 0.1) is 6.92 Å². The molecule has 9 heteroatoms. The molecule has 1 unspecified atom stereocenters. The maximum Gasteiger partial charge on any atom is 0.349 e. The molecular weight excluding hydrogens is 457 g/mol. The highest BCUT2D eigenvalue weighted by molar-refractivity contribution is 7.20. The standard InChI is InChI=1S/C22H17Cl2N3O3S/c1-12-16-11-19(31-21(16)27(26-12)15-6-4-3-5-7-15)22(29)30-13(2)20(28)25-18-9-8-14(23)10-17(18)24/h3-11,13H,1-2H3,(H,25,28). The second kappa shape index (κ2) is 8.70. The Balaban J connectivity index is 1.51. The number of fused-ring (bicyclic) bond motifs is 1. The summed E-state index contributed by atoms with van der Waals surface area (Å²) in [6, 6.07) is 16.1. The third kappa shape index (κ3) is 4.44. The number of esters is 1. The predicted octanol–water partition coefficient (Wildman–Crippen LogP) is 5.89. The van der Waals surface area contributed by atoms with E-state index in [1.807, 2.05) is 37.3 Å². The van der Waals surface area contributed by atoms with Crippen LogP contribution >= 0.6 is 34.5 Å². The fraction of sp³-hybridized carbons (Fsp3) is 0.136. The summed E-state index contributed by atoms with van der Waals surface area (Å²) < 4.78 is 7.18. The van der Waals surface area contributed by atoms with Gasteiger partial charge in [0.1, 0.15) is 9.71 Å². The number of thiophene rings is 1. The van der Waals surface area contributed by atoms with Crippen molar-refractivity contribution in [1.82, 2.24) is 9.78 Å². The molecule has 0 aliphatic heterocycles. The first-order valence-electron chi connectivity index (χ1n) is 9.35.